The summed E-state index contributed by atoms with van der Waals surface area (Å²) in [5, 5.41) is 8.45. The quantitative estimate of drug-likeness (QED) is 0.557. The first-order chi connectivity index (χ1) is 10.8. The Balaban J connectivity index is 2.36. The van der Waals surface area contributed by atoms with Crippen LogP contribution in [0, 0.1) is 0 Å². The van der Waals surface area contributed by atoms with E-state index in [2.05, 4.69) is 20.9 Å². The number of amidine groups is 1. The largest absolute Gasteiger partial charge is 0.607 e. The second-order valence-corrected chi connectivity index (χ2v) is 7.44. The van der Waals surface area contributed by atoms with Crippen molar-refractivity contribution < 1.29 is 9.35 Å². The summed E-state index contributed by atoms with van der Waals surface area (Å²) in [5.41, 5.74) is 0.620. The van der Waals surface area contributed by atoms with Crippen LogP contribution in [0.4, 0.5) is 0 Å². The lowest BCUT2D eigenvalue weighted by molar-refractivity contribution is 0.0962. The summed E-state index contributed by atoms with van der Waals surface area (Å²) in [5.74, 6) is -0.227. The number of aliphatic imine (C=N–C) groups is 1. The van der Waals surface area contributed by atoms with Gasteiger partial charge in [0.1, 0.15) is 4.99 Å². The van der Waals surface area contributed by atoms with E-state index in [0.717, 1.165) is 0 Å². The fourth-order valence-corrected chi connectivity index (χ4v) is 3.84. The highest BCUT2D eigenvalue weighted by Gasteiger charge is 2.40. The molecular weight excluding hydrogens is 332 g/mol. The summed E-state index contributed by atoms with van der Waals surface area (Å²) >= 11 is 3.69. The van der Waals surface area contributed by atoms with E-state index >= 15 is 0 Å². The second-order valence-electron chi connectivity index (χ2n) is 5.60. The molecule has 3 N–H and O–H groups in total. The molecule has 0 saturated carbocycles. The molecule has 0 saturated heterocycles. The third kappa shape index (κ3) is 3.55. The predicted molar refractivity (Wildman–Crippen MR) is 97.0 cm³/mol. The molecule has 2 atom stereocenters. The summed E-state index contributed by atoms with van der Waals surface area (Å²) < 4.78 is 12.9. The zero-order chi connectivity index (χ0) is 17.2. The van der Waals surface area contributed by atoms with Gasteiger partial charge in [-0.05, 0) is 27.0 Å². The van der Waals surface area contributed by atoms with E-state index < -0.39 is 22.1 Å². The van der Waals surface area contributed by atoms with Gasteiger partial charge in [0.15, 0.2) is 0 Å². The van der Waals surface area contributed by atoms with Gasteiger partial charge in [0.05, 0.1) is 5.54 Å². The lowest BCUT2D eigenvalue weighted by atomic mass is 10.1. The zero-order valence-corrected chi connectivity index (χ0v) is 15.1. The molecule has 23 heavy (non-hydrogen) atoms. The van der Waals surface area contributed by atoms with E-state index in [1.165, 1.54) is 0 Å². The van der Waals surface area contributed by atoms with Gasteiger partial charge < -0.3 is 15.2 Å². The maximum absolute atomic E-state index is 12.9. The van der Waals surface area contributed by atoms with E-state index in [-0.39, 0.29) is 5.91 Å². The lowest BCUT2D eigenvalue weighted by Gasteiger charge is -2.24. The van der Waals surface area contributed by atoms with Crippen LogP contribution in [0.25, 0.3) is 0 Å². The molecule has 0 radical (unpaired) electrons. The third-order valence-corrected chi connectivity index (χ3v) is 5.63. The fourth-order valence-electron chi connectivity index (χ4n) is 2.23. The molecule has 0 aromatic heterocycles. The summed E-state index contributed by atoms with van der Waals surface area (Å²) in [7, 11) is 3.26. The van der Waals surface area contributed by atoms with Crippen molar-refractivity contribution in [3.05, 3.63) is 35.4 Å². The first-order valence-corrected chi connectivity index (χ1v) is 8.74. The van der Waals surface area contributed by atoms with Crippen LogP contribution in [0.2, 0.25) is 0 Å². The third-order valence-electron chi connectivity index (χ3n) is 3.54. The number of rotatable bonds is 4. The summed E-state index contributed by atoms with van der Waals surface area (Å²) in [6.07, 6.45) is 0. The second kappa shape index (κ2) is 6.96. The van der Waals surface area contributed by atoms with Gasteiger partial charge in [0.25, 0.3) is 5.91 Å². The summed E-state index contributed by atoms with van der Waals surface area (Å²) in [4.78, 5) is 16.7. The molecule has 124 valence electrons. The summed E-state index contributed by atoms with van der Waals surface area (Å²) in [6, 6.07) is 7.06. The highest BCUT2D eigenvalue weighted by molar-refractivity contribution is 8.06. The van der Waals surface area contributed by atoms with Gasteiger partial charge in [0, 0.05) is 29.4 Å². The SMILES string of the molecule is CNC(=O)c1ccccc1C(NC)[S+]([O-])C1=NC(=S)C(C)(C)N1. The molecule has 2 unspecified atom stereocenters. The number of thiocarbonyl (C=S) groups is 1. The van der Waals surface area contributed by atoms with Crippen molar-refractivity contribution in [2.75, 3.05) is 14.1 Å². The number of nitrogens with zero attached hydrogens (tertiary/aromatic N) is 1. The minimum atomic E-state index is -1.52. The van der Waals surface area contributed by atoms with Crippen LogP contribution in [0.15, 0.2) is 29.3 Å². The van der Waals surface area contributed by atoms with Crippen molar-refractivity contribution in [1.82, 2.24) is 16.0 Å². The van der Waals surface area contributed by atoms with Gasteiger partial charge in [-0.2, -0.15) is 4.99 Å². The number of benzene rings is 1. The molecule has 2 rings (SSSR count). The number of hydrogen-bond acceptors (Lipinski definition) is 5. The van der Waals surface area contributed by atoms with Gasteiger partial charge in [-0.25, -0.2) is 0 Å². The number of carbonyl (C=O) groups excluding carboxylic acids is 1. The van der Waals surface area contributed by atoms with E-state index in [9.17, 15) is 9.35 Å². The van der Waals surface area contributed by atoms with Crippen molar-refractivity contribution in [1.29, 1.82) is 0 Å². The maximum atomic E-state index is 12.9. The van der Waals surface area contributed by atoms with Gasteiger partial charge >= 0.3 is 5.17 Å². The molecule has 1 aromatic carbocycles. The van der Waals surface area contributed by atoms with Crippen LogP contribution in [0.3, 0.4) is 0 Å². The Bertz CT molecular complexity index is 661. The molecule has 6 nitrogen and oxygen atoms in total. The molecule has 1 amide bonds. The average Bonchev–Trinajstić information content (AvgIpc) is 2.81. The molecule has 0 bridgehead atoms. The van der Waals surface area contributed by atoms with Crippen molar-refractivity contribution in [2.45, 2.75) is 24.8 Å². The lowest BCUT2D eigenvalue weighted by Crippen LogP contribution is -2.46. The molecule has 1 aliphatic heterocycles. The van der Waals surface area contributed by atoms with Crippen molar-refractivity contribution in [3.8, 4) is 0 Å². The Morgan fingerprint density at radius 3 is 2.57 bits per heavy atom. The minimum Gasteiger partial charge on any atom is -0.607 e. The molecule has 0 fully saturated rings. The molecule has 1 heterocycles. The summed E-state index contributed by atoms with van der Waals surface area (Å²) in [6.45, 7) is 3.77. The highest BCUT2D eigenvalue weighted by atomic mass is 32.2. The molecule has 8 heteroatoms. The Labute approximate surface area is 144 Å². The van der Waals surface area contributed by atoms with Crippen LogP contribution < -0.4 is 16.0 Å². The molecule has 0 aliphatic carbocycles. The molecular formula is C15H20N4O2S2. The number of carbonyl (C=O) groups is 1. The Morgan fingerprint density at radius 2 is 2.04 bits per heavy atom. The first kappa shape index (κ1) is 17.9. The molecule has 1 aliphatic rings. The van der Waals surface area contributed by atoms with Gasteiger partial charge in [-0.3, -0.25) is 10.1 Å². The van der Waals surface area contributed by atoms with Gasteiger partial charge in [-0.1, -0.05) is 30.4 Å². The number of nitrogens with one attached hydrogen (secondary N) is 3. The smallest absolute Gasteiger partial charge is 0.320 e. The Kier molecular flexibility index (Phi) is 5.41. The van der Waals surface area contributed by atoms with E-state index in [1.807, 2.05) is 19.9 Å². The van der Waals surface area contributed by atoms with Crippen LogP contribution in [0.1, 0.15) is 35.1 Å². The molecule has 1 aromatic rings. The van der Waals surface area contributed by atoms with E-state index in [4.69, 9.17) is 12.2 Å². The van der Waals surface area contributed by atoms with Crippen LogP contribution in [-0.4, -0.2) is 40.3 Å². The van der Waals surface area contributed by atoms with Gasteiger partial charge in [0.2, 0.25) is 5.37 Å². The zero-order valence-electron chi connectivity index (χ0n) is 13.5. The Morgan fingerprint density at radius 1 is 1.39 bits per heavy atom. The monoisotopic (exact) mass is 352 g/mol. The van der Waals surface area contributed by atoms with Crippen LogP contribution in [0.5, 0.6) is 0 Å². The van der Waals surface area contributed by atoms with Crippen LogP contribution in [-0.2, 0) is 11.2 Å². The first-order valence-electron chi connectivity index (χ1n) is 7.12. The maximum Gasteiger partial charge on any atom is 0.320 e. The predicted octanol–water partition coefficient (Wildman–Crippen LogP) is 1.08. The van der Waals surface area contributed by atoms with Crippen LogP contribution >= 0.6 is 12.2 Å². The minimum absolute atomic E-state index is 0.227. The topological polar surface area (TPSA) is 88.6 Å². The van der Waals surface area contributed by atoms with Crippen molar-refractivity contribution >= 4 is 39.5 Å². The standard InChI is InChI=1S/C15H20N4O2S2/c1-15(2)13(22)18-14(19-15)23(21)12(17-4)10-8-6-5-7-9(10)11(20)16-3/h5-8,12,17H,1-4H3,(H,16,20)(H,18,19,22). The number of hydrogen-bond donors (Lipinski definition) is 3. The fraction of sp³-hybridized carbons (Fsp3) is 0.400. The van der Waals surface area contributed by atoms with Gasteiger partial charge in [-0.15, -0.1) is 0 Å². The van der Waals surface area contributed by atoms with Crippen molar-refractivity contribution in [2.24, 2.45) is 4.99 Å². The number of amides is 1. The highest BCUT2D eigenvalue weighted by Crippen LogP contribution is 2.27. The normalized spacial score (nSPS) is 18.8. The van der Waals surface area contributed by atoms with E-state index in [0.29, 0.717) is 21.3 Å². The van der Waals surface area contributed by atoms with E-state index in [1.54, 1.807) is 32.3 Å². The van der Waals surface area contributed by atoms with Crippen molar-refractivity contribution in [3.63, 3.8) is 0 Å². The molecule has 0 spiro atoms. The Hall–Kier alpha value is -1.48. The average molecular weight is 352 g/mol.